The van der Waals surface area contributed by atoms with Crippen molar-refractivity contribution in [3.8, 4) is 17.1 Å². The predicted octanol–water partition coefficient (Wildman–Crippen LogP) is 2.74. The standard InChI is InChI=1S/C15H11FN2O2/c1-20-11-6-7-13-12(8-11)15(19)18-14(17-13)9-2-4-10(16)5-3-9/h2-8H,1H3,(H,17,18,19). The van der Waals surface area contributed by atoms with E-state index in [0.29, 0.717) is 28.0 Å². The Labute approximate surface area is 113 Å². The zero-order chi connectivity index (χ0) is 14.1. The number of nitrogens with zero attached hydrogens (tertiary/aromatic N) is 1. The van der Waals surface area contributed by atoms with E-state index >= 15 is 0 Å². The van der Waals surface area contributed by atoms with Gasteiger partial charge in [-0.1, -0.05) is 0 Å². The van der Waals surface area contributed by atoms with E-state index in [4.69, 9.17) is 4.74 Å². The summed E-state index contributed by atoms with van der Waals surface area (Å²) in [7, 11) is 1.54. The van der Waals surface area contributed by atoms with E-state index in [0.717, 1.165) is 0 Å². The normalized spacial score (nSPS) is 10.7. The number of methoxy groups -OCH3 is 1. The van der Waals surface area contributed by atoms with Crippen molar-refractivity contribution >= 4 is 10.9 Å². The molecular weight excluding hydrogens is 259 g/mol. The highest BCUT2D eigenvalue weighted by molar-refractivity contribution is 5.80. The maximum absolute atomic E-state index is 12.9. The molecule has 0 aliphatic rings. The summed E-state index contributed by atoms with van der Waals surface area (Å²) < 4.78 is 18.0. The largest absolute Gasteiger partial charge is 0.497 e. The fraction of sp³-hybridized carbons (Fsp3) is 0.0667. The van der Waals surface area contributed by atoms with Crippen LogP contribution in [0.25, 0.3) is 22.3 Å². The third-order valence-electron chi connectivity index (χ3n) is 3.03. The lowest BCUT2D eigenvalue weighted by atomic mass is 10.2. The Kier molecular flexibility index (Phi) is 2.95. The molecule has 5 heteroatoms. The van der Waals surface area contributed by atoms with Crippen LogP contribution < -0.4 is 10.3 Å². The molecule has 0 radical (unpaired) electrons. The van der Waals surface area contributed by atoms with Gasteiger partial charge in [-0.2, -0.15) is 0 Å². The Bertz CT molecular complexity index is 825. The quantitative estimate of drug-likeness (QED) is 0.779. The lowest BCUT2D eigenvalue weighted by Crippen LogP contribution is -2.09. The molecule has 0 unspecified atom stereocenters. The maximum atomic E-state index is 12.9. The predicted molar refractivity (Wildman–Crippen MR) is 74.3 cm³/mol. The molecule has 100 valence electrons. The van der Waals surface area contributed by atoms with E-state index in [1.165, 1.54) is 19.2 Å². The molecule has 3 rings (SSSR count). The Morgan fingerprint density at radius 3 is 2.60 bits per heavy atom. The van der Waals surface area contributed by atoms with Crippen LogP contribution in [0.5, 0.6) is 5.75 Å². The van der Waals surface area contributed by atoms with Crippen LogP contribution >= 0.6 is 0 Å². The third-order valence-corrected chi connectivity index (χ3v) is 3.03. The van der Waals surface area contributed by atoms with Gasteiger partial charge in [-0.3, -0.25) is 4.79 Å². The van der Waals surface area contributed by atoms with E-state index in [2.05, 4.69) is 9.97 Å². The second-order valence-electron chi connectivity index (χ2n) is 4.30. The highest BCUT2D eigenvalue weighted by Gasteiger charge is 2.07. The summed E-state index contributed by atoms with van der Waals surface area (Å²) in [5.74, 6) is 0.675. The summed E-state index contributed by atoms with van der Waals surface area (Å²) in [5.41, 5.74) is 0.961. The van der Waals surface area contributed by atoms with Gasteiger partial charge in [-0.05, 0) is 42.5 Å². The lowest BCUT2D eigenvalue weighted by molar-refractivity contribution is 0.415. The van der Waals surface area contributed by atoms with Crippen molar-refractivity contribution in [3.63, 3.8) is 0 Å². The zero-order valence-corrected chi connectivity index (χ0v) is 10.7. The third kappa shape index (κ3) is 2.14. The van der Waals surface area contributed by atoms with Crippen LogP contribution in [0, 0.1) is 5.82 Å². The number of hydrogen-bond acceptors (Lipinski definition) is 3. The van der Waals surface area contributed by atoms with Gasteiger partial charge in [-0.15, -0.1) is 0 Å². The molecule has 0 fully saturated rings. The maximum Gasteiger partial charge on any atom is 0.259 e. The van der Waals surface area contributed by atoms with E-state index in [1.54, 1.807) is 30.3 Å². The zero-order valence-electron chi connectivity index (χ0n) is 10.7. The van der Waals surface area contributed by atoms with Crippen LogP contribution in [0.3, 0.4) is 0 Å². The summed E-state index contributed by atoms with van der Waals surface area (Å²) >= 11 is 0. The van der Waals surface area contributed by atoms with E-state index in [1.807, 2.05) is 0 Å². The van der Waals surface area contributed by atoms with Crippen molar-refractivity contribution in [3.05, 3.63) is 58.6 Å². The van der Waals surface area contributed by atoms with Crippen LogP contribution in [0.1, 0.15) is 0 Å². The Morgan fingerprint density at radius 2 is 1.90 bits per heavy atom. The second kappa shape index (κ2) is 4.77. The number of hydrogen-bond donors (Lipinski definition) is 1. The van der Waals surface area contributed by atoms with Crippen LogP contribution in [0.15, 0.2) is 47.3 Å². The molecule has 1 N–H and O–H groups in total. The highest BCUT2D eigenvalue weighted by Crippen LogP contribution is 2.19. The first kappa shape index (κ1) is 12.3. The molecule has 0 aliphatic heterocycles. The molecule has 3 aromatic rings. The first-order valence-corrected chi connectivity index (χ1v) is 6.01. The van der Waals surface area contributed by atoms with Gasteiger partial charge < -0.3 is 9.72 Å². The molecule has 0 aliphatic carbocycles. The smallest absolute Gasteiger partial charge is 0.259 e. The van der Waals surface area contributed by atoms with E-state index < -0.39 is 0 Å². The number of aromatic nitrogens is 2. The van der Waals surface area contributed by atoms with Crippen LogP contribution in [-0.2, 0) is 0 Å². The molecule has 0 amide bonds. The summed E-state index contributed by atoms with van der Waals surface area (Å²) in [4.78, 5) is 19.2. The van der Waals surface area contributed by atoms with Crippen molar-refractivity contribution in [2.75, 3.05) is 7.11 Å². The van der Waals surface area contributed by atoms with Crippen molar-refractivity contribution in [1.29, 1.82) is 0 Å². The number of halogens is 1. The minimum Gasteiger partial charge on any atom is -0.497 e. The number of H-pyrrole nitrogens is 1. The second-order valence-corrected chi connectivity index (χ2v) is 4.30. The Hall–Kier alpha value is -2.69. The Morgan fingerprint density at radius 1 is 1.15 bits per heavy atom. The van der Waals surface area contributed by atoms with Gasteiger partial charge in [0.05, 0.1) is 18.0 Å². The van der Waals surface area contributed by atoms with Crippen molar-refractivity contribution in [2.24, 2.45) is 0 Å². The average Bonchev–Trinajstić information content (AvgIpc) is 2.47. The van der Waals surface area contributed by atoms with Crippen LogP contribution in [0.2, 0.25) is 0 Å². The minimum absolute atomic E-state index is 0.256. The first-order valence-electron chi connectivity index (χ1n) is 6.01. The van der Waals surface area contributed by atoms with Gasteiger partial charge in [0.25, 0.3) is 5.56 Å². The van der Waals surface area contributed by atoms with Crippen molar-refractivity contribution in [1.82, 2.24) is 9.97 Å². The van der Waals surface area contributed by atoms with Gasteiger partial charge >= 0.3 is 0 Å². The molecule has 0 atom stereocenters. The van der Waals surface area contributed by atoms with Gasteiger partial charge in [0.1, 0.15) is 17.4 Å². The topological polar surface area (TPSA) is 55.0 Å². The summed E-state index contributed by atoms with van der Waals surface area (Å²) in [6.07, 6.45) is 0. The molecule has 2 aromatic carbocycles. The van der Waals surface area contributed by atoms with Crippen LogP contribution in [0.4, 0.5) is 4.39 Å². The summed E-state index contributed by atoms with van der Waals surface area (Å²) in [5, 5.41) is 0.454. The molecule has 0 bridgehead atoms. The number of aromatic amines is 1. The molecule has 0 spiro atoms. The number of benzene rings is 2. The van der Waals surface area contributed by atoms with E-state index in [-0.39, 0.29) is 11.4 Å². The number of ether oxygens (including phenoxy) is 1. The molecular formula is C15H11FN2O2. The van der Waals surface area contributed by atoms with Gasteiger partial charge in [-0.25, -0.2) is 9.37 Å². The SMILES string of the molecule is COc1ccc2nc(-c3ccc(F)cc3)[nH]c(=O)c2c1. The fourth-order valence-corrected chi connectivity index (χ4v) is 1.99. The molecule has 4 nitrogen and oxygen atoms in total. The fourth-order valence-electron chi connectivity index (χ4n) is 1.99. The molecule has 0 saturated carbocycles. The van der Waals surface area contributed by atoms with Crippen LogP contribution in [-0.4, -0.2) is 17.1 Å². The molecule has 20 heavy (non-hydrogen) atoms. The molecule has 0 saturated heterocycles. The van der Waals surface area contributed by atoms with Gasteiger partial charge in [0, 0.05) is 5.56 Å². The minimum atomic E-state index is -0.332. The lowest BCUT2D eigenvalue weighted by Gasteiger charge is -2.05. The average molecular weight is 270 g/mol. The van der Waals surface area contributed by atoms with Gasteiger partial charge in [0.15, 0.2) is 0 Å². The first-order chi connectivity index (χ1) is 9.67. The summed E-state index contributed by atoms with van der Waals surface area (Å²) in [6.45, 7) is 0. The Balaban J connectivity index is 2.19. The molecule has 1 aromatic heterocycles. The molecule has 1 heterocycles. The number of fused-ring (bicyclic) bond motifs is 1. The summed E-state index contributed by atoms with van der Waals surface area (Å²) in [6, 6.07) is 10.9. The monoisotopic (exact) mass is 270 g/mol. The van der Waals surface area contributed by atoms with Crippen molar-refractivity contribution < 1.29 is 9.13 Å². The highest BCUT2D eigenvalue weighted by atomic mass is 19.1. The van der Waals surface area contributed by atoms with E-state index in [9.17, 15) is 9.18 Å². The number of rotatable bonds is 2. The van der Waals surface area contributed by atoms with Gasteiger partial charge in [0.2, 0.25) is 0 Å². The number of nitrogens with one attached hydrogen (secondary N) is 1. The van der Waals surface area contributed by atoms with Crippen molar-refractivity contribution in [2.45, 2.75) is 0 Å².